The van der Waals surface area contributed by atoms with Gasteiger partial charge in [-0.05, 0) is 25.0 Å². The van der Waals surface area contributed by atoms with Gasteiger partial charge in [-0.3, -0.25) is 4.98 Å². The third-order valence-corrected chi connectivity index (χ3v) is 1.01. The van der Waals surface area contributed by atoms with Crippen LogP contribution in [-0.4, -0.2) is 22.1 Å². The van der Waals surface area contributed by atoms with Gasteiger partial charge in [0.05, 0.1) is 23.7 Å². The van der Waals surface area contributed by atoms with Gasteiger partial charge in [-0.1, -0.05) is 6.07 Å². The first-order valence-corrected chi connectivity index (χ1v) is 3.60. The maximum absolute atomic E-state index is 4.26. The van der Waals surface area contributed by atoms with Gasteiger partial charge in [-0.25, -0.2) is 0 Å². The van der Waals surface area contributed by atoms with Crippen LogP contribution >= 0.6 is 23.7 Å². The molecule has 0 aliphatic heterocycles. The third kappa shape index (κ3) is 8.31. The molecule has 0 saturated heterocycles. The Labute approximate surface area is 93.0 Å². The van der Waals surface area contributed by atoms with Crippen molar-refractivity contribution >= 4 is 40.8 Å². The van der Waals surface area contributed by atoms with Crippen LogP contribution in [0.2, 0.25) is 0 Å². The molecule has 12 heavy (non-hydrogen) atoms. The van der Waals surface area contributed by atoms with E-state index in [4.69, 9.17) is 0 Å². The summed E-state index contributed by atoms with van der Waals surface area (Å²) in [5.41, 5.74) is 2.45. The molecule has 2 nitrogen and oxygen atoms in total. The Morgan fingerprint density at radius 2 is 1.50 bits per heavy atom. The van der Waals surface area contributed by atoms with E-state index in [1.54, 1.807) is 0 Å². The molecule has 5 heteroatoms. The molecular formula is C7H11Cl2NOSe. The van der Waals surface area contributed by atoms with Gasteiger partial charge in [0.1, 0.15) is 0 Å². The van der Waals surface area contributed by atoms with Gasteiger partial charge in [0, 0.05) is 12.4 Å². The zero-order chi connectivity index (χ0) is 8.69. The molecule has 0 amide bonds. The van der Waals surface area contributed by atoms with Gasteiger partial charge in [-0.15, -0.1) is 0 Å². The second-order valence-corrected chi connectivity index (χ2v) is 2.56. The van der Waals surface area contributed by atoms with Crippen molar-refractivity contribution < 1.29 is 3.84 Å². The molecule has 0 spiro atoms. The van der Waals surface area contributed by atoms with E-state index in [-0.39, 0.29) is 17.1 Å². The average molecular weight is 275 g/mol. The van der Waals surface area contributed by atoms with Crippen molar-refractivity contribution in [3.05, 3.63) is 29.6 Å². The number of rotatable bonds is 0. The average Bonchev–Trinajstić information content (AvgIpc) is 1.88. The van der Waals surface area contributed by atoms with Gasteiger partial charge in [0.25, 0.3) is 0 Å². The zero-order valence-corrected chi connectivity index (χ0v) is 10.5. The van der Waals surface area contributed by atoms with E-state index in [1.165, 1.54) is 11.1 Å². The summed E-state index contributed by atoms with van der Waals surface area (Å²) in [4.78, 5) is 3.98. The van der Waals surface area contributed by atoms with Crippen molar-refractivity contribution in [3.63, 3.8) is 0 Å². The van der Waals surface area contributed by atoms with Crippen molar-refractivity contribution in [1.82, 2.24) is 4.98 Å². The van der Waals surface area contributed by atoms with Gasteiger partial charge >= 0.3 is 17.1 Å². The molecule has 70 valence electrons. The molecule has 0 N–H and O–H groups in total. The van der Waals surface area contributed by atoms with Crippen molar-refractivity contribution in [1.29, 1.82) is 0 Å². The van der Waals surface area contributed by atoms with Crippen molar-refractivity contribution in [2.45, 2.75) is 13.8 Å². The fraction of sp³-hybridized carbons (Fsp3) is 0.286. The van der Waals surface area contributed by atoms with Crippen molar-refractivity contribution in [2.24, 2.45) is 0 Å². The molecule has 0 bridgehead atoms. The van der Waals surface area contributed by atoms with E-state index in [0.29, 0.717) is 0 Å². The summed E-state index contributed by atoms with van der Waals surface area (Å²) in [6, 6.07) is 2.10. The molecule has 0 aliphatic rings. The minimum absolute atomic E-state index is 0. The molecule has 1 aromatic heterocycles. The Kier molecular flexibility index (Phi) is 11.4. The summed E-state index contributed by atoms with van der Waals surface area (Å²) in [6.07, 6.45) is 3.71. The van der Waals surface area contributed by atoms with E-state index >= 15 is 0 Å². The number of pyridine rings is 1. The normalized spacial score (nSPS) is 7.67. The molecule has 0 radical (unpaired) electrons. The first-order valence-electron chi connectivity index (χ1n) is 2.98. The molecule has 1 heterocycles. The third-order valence-electron chi connectivity index (χ3n) is 1.01. The van der Waals surface area contributed by atoms with Crippen LogP contribution in [0.3, 0.4) is 0 Å². The topological polar surface area (TPSA) is 22.1 Å². The Bertz CT molecular complexity index is 193. The monoisotopic (exact) mass is 275 g/mol. The number of halogens is 2. The van der Waals surface area contributed by atoms with E-state index in [0.717, 1.165) is 0 Å². The molecule has 0 unspecified atom stereocenters. The van der Waals surface area contributed by atoms with E-state index < -0.39 is 0 Å². The molecule has 0 aromatic carbocycles. The van der Waals surface area contributed by atoms with Gasteiger partial charge in [0.15, 0.2) is 0 Å². The van der Waals surface area contributed by atoms with Crippen LogP contribution in [0.15, 0.2) is 18.5 Å². The van der Waals surface area contributed by atoms with Crippen LogP contribution in [0.25, 0.3) is 0 Å². The predicted octanol–water partition coefficient (Wildman–Crippen LogP) is 2.09. The summed E-state index contributed by atoms with van der Waals surface area (Å²) < 4.78 is 3.19. The number of aryl methyl sites for hydroxylation is 2. The van der Waals surface area contributed by atoms with E-state index in [2.05, 4.69) is 38.6 Å². The van der Waals surface area contributed by atoms with Crippen molar-refractivity contribution in [3.8, 4) is 0 Å². The molecule has 1 rings (SSSR count). The van der Waals surface area contributed by atoms with E-state index in [9.17, 15) is 0 Å². The summed E-state index contributed by atoms with van der Waals surface area (Å²) in [5.74, 6) is 0. The fourth-order valence-corrected chi connectivity index (χ4v) is 0.706. The van der Waals surface area contributed by atoms with Crippen molar-refractivity contribution in [2.75, 3.05) is 0 Å². The number of hydrogen-bond acceptors (Lipinski definition) is 2. The van der Waals surface area contributed by atoms with Crippen LogP contribution in [0, 0.1) is 13.8 Å². The second kappa shape index (κ2) is 9.30. The molecule has 0 saturated carbocycles. The minimum atomic E-state index is 0. The molecule has 0 aliphatic carbocycles. The Morgan fingerprint density at radius 1 is 1.17 bits per heavy atom. The molecule has 0 fully saturated rings. The summed E-state index contributed by atoms with van der Waals surface area (Å²) in [7, 11) is 0. The summed E-state index contributed by atoms with van der Waals surface area (Å²) >= 11 is 8.53. The predicted molar refractivity (Wildman–Crippen MR) is 55.0 cm³/mol. The van der Waals surface area contributed by atoms with E-state index in [1.807, 2.05) is 26.2 Å². The first kappa shape index (κ1) is 14.7. The SMILES string of the molecule is Cc1cncc(C)c1.ClOCl.[SeH2]. The summed E-state index contributed by atoms with van der Waals surface area (Å²) in [5, 5.41) is 0. The van der Waals surface area contributed by atoms with Crippen LogP contribution < -0.4 is 0 Å². The number of hydrogen-bond donors (Lipinski definition) is 0. The fourth-order valence-electron chi connectivity index (χ4n) is 0.706. The quantitative estimate of drug-likeness (QED) is 0.676. The molecule has 1 aromatic rings. The zero-order valence-electron chi connectivity index (χ0n) is 6.84. The Balaban J connectivity index is 0. The molecule has 0 atom stereocenters. The first-order chi connectivity index (χ1) is 5.20. The van der Waals surface area contributed by atoms with Gasteiger partial charge in [-0.2, -0.15) is 3.84 Å². The van der Waals surface area contributed by atoms with Crippen LogP contribution in [0.5, 0.6) is 0 Å². The maximum atomic E-state index is 4.26. The van der Waals surface area contributed by atoms with Crippen LogP contribution in [0.1, 0.15) is 11.1 Å². The Hall–Kier alpha value is 0.209. The number of aromatic nitrogens is 1. The second-order valence-electron chi connectivity index (χ2n) is 2.10. The summed E-state index contributed by atoms with van der Waals surface area (Å²) in [6.45, 7) is 4.08. The van der Waals surface area contributed by atoms with Gasteiger partial charge < -0.3 is 0 Å². The van der Waals surface area contributed by atoms with Crippen LogP contribution in [0.4, 0.5) is 0 Å². The number of nitrogens with zero attached hydrogens (tertiary/aromatic N) is 1. The molecular weight excluding hydrogens is 264 g/mol. The van der Waals surface area contributed by atoms with Gasteiger partial charge in [0.2, 0.25) is 0 Å². The van der Waals surface area contributed by atoms with Crippen LogP contribution in [-0.2, 0) is 3.84 Å². The standard InChI is InChI=1S/C7H9N.Cl2O.H2Se/c1-6-3-7(2)5-8-4-6;1-3-2;/h3-5H,1-2H3;;1H2. The Morgan fingerprint density at radius 3 is 1.67 bits per heavy atom.